The third-order valence-electron chi connectivity index (χ3n) is 5.42. The summed E-state index contributed by atoms with van der Waals surface area (Å²) in [5, 5.41) is 13.3. The number of nitrogens with one attached hydrogen (secondary N) is 1. The van der Waals surface area contributed by atoms with Crippen molar-refractivity contribution in [1.82, 2.24) is 0 Å². The number of carbonyl (C=O) groups is 1. The first-order valence-corrected chi connectivity index (χ1v) is 13.9. The smallest absolute Gasteiger partial charge is 0.266 e. The third-order valence-corrected chi connectivity index (χ3v) is 7.34. The molecule has 0 saturated heterocycles. The highest BCUT2D eigenvalue weighted by atomic mass is 79.9. The maximum atomic E-state index is 12.8. The number of ether oxygens (including phenoxy) is 2. The van der Waals surface area contributed by atoms with Crippen LogP contribution in [0.1, 0.15) is 16.7 Å². The minimum absolute atomic E-state index is 0.0531. The fraction of sp³-hybridized carbons (Fsp3) is 0.0667. The monoisotopic (exact) mass is 684 g/mol. The molecule has 0 unspecified atom stereocenters. The summed E-state index contributed by atoms with van der Waals surface area (Å²) in [5.41, 5.74) is 3.03. The molecule has 0 fully saturated rings. The first-order chi connectivity index (χ1) is 18.8. The van der Waals surface area contributed by atoms with Crippen molar-refractivity contribution < 1.29 is 14.3 Å². The second-order valence-electron chi connectivity index (χ2n) is 8.27. The molecule has 39 heavy (non-hydrogen) atoms. The van der Waals surface area contributed by atoms with E-state index < -0.39 is 5.91 Å². The lowest BCUT2D eigenvalue weighted by Crippen LogP contribution is -2.13. The van der Waals surface area contributed by atoms with Gasteiger partial charge in [0.1, 0.15) is 36.4 Å². The standard InChI is InChI=1S/C30H20Br2Cl2N2O3/c31-25-13-21(14-26(32)29(25)39-18-20-6-11-27(33)28(34)15-20)12-22(16-35)30(37)36-23-7-9-24(10-8-23)38-17-19-4-2-1-3-5-19/h1-15H,17-18H2,(H,36,37)/b22-12+. The van der Waals surface area contributed by atoms with Crippen molar-refractivity contribution in [2.24, 2.45) is 0 Å². The molecular formula is C30H20Br2Cl2N2O3. The first kappa shape index (κ1) is 28.7. The van der Waals surface area contributed by atoms with E-state index in [2.05, 4.69) is 37.2 Å². The molecule has 0 saturated carbocycles. The highest BCUT2D eigenvalue weighted by Crippen LogP contribution is 2.36. The van der Waals surface area contributed by atoms with Gasteiger partial charge in [-0.1, -0.05) is 59.6 Å². The Labute approximate surface area is 253 Å². The summed E-state index contributed by atoms with van der Waals surface area (Å²) in [6.45, 7) is 0.712. The van der Waals surface area contributed by atoms with Crippen molar-refractivity contribution in [3.8, 4) is 17.6 Å². The zero-order chi connectivity index (χ0) is 27.8. The second kappa shape index (κ2) is 13.7. The van der Waals surface area contributed by atoms with Gasteiger partial charge in [-0.05, 0) is 103 Å². The van der Waals surface area contributed by atoms with Gasteiger partial charge < -0.3 is 14.8 Å². The molecule has 0 aromatic heterocycles. The second-order valence-corrected chi connectivity index (χ2v) is 10.8. The van der Waals surface area contributed by atoms with Crippen LogP contribution in [-0.2, 0) is 18.0 Å². The Kier molecular flexibility index (Phi) is 10.1. The van der Waals surface area contributed by atoms with Crippen LogP contribution >= 0.6 is 55.1 Å². The van der Waals surface area contributed by atoms with Gasteiger partial charge in [0.15, 0.2) is 0 Å². The van der Waals surface area contributed by atoms with E-state index in [0.29, 0.717) is 48.3 Å². The molecule has 5 nitrogen and oxygen atoms in total. The van der Waals surface area contributed by atoms with Crippen LogP contribution in [0, 0.1) is 11.3 Å². The molecule has 0 radical (unpaired) electrons. The third kappa shape index (κ3) is 8.11. The molecule has 0 spiro atoms. The molecule has 196 valence electrons. The molecule has 0 bridgehead atoms. The van der Waals surface area contributed by atoms with E-state index in [4.69, 9.17) is 32.7 Å². The zero-order valence-electron chi connectivity index (χ0n) is 20.3. The Morgan fingerprint density at radius 1 is 0.846 bits per heavy atom. The number of anilines is 1. The van der Waals surface area contributed by atoms with E-state index in [-0.39, 0.29) is 12.2 Å². The summed E-state index contributed by atoms with van der Waals surface area (Å²) < 4.78 is 13.0. The van der Waals surface area contributed by atoms with Crippen LogP contribution in [0.2, 0.25) is 10.0 Å². The normalized spacial score (nSPS) is 11.0. The van der Waals surface area contributed by atoms with Crippen LogP contribution in [0.25, 0.3) is 6.08 Å². The van der Waals surface area contributed by atoms with Crippen LogP contribution in [-0.4, -0.2) is 5.91 Å². The average Bonchev–Trinajstić information content (AvgIpc) is 2.93. The van der Waals surface area contributed by atoms with Crippen molar-refractivity contribution in [3.63, 3.8) is 0 Å². The van der Waals surface area contributed by atoms with E-state index in [1.165, 1.54) is 6.08 Å². The number of rotatable bonds is 9. The Hall–Kier alpha value is -3.28. The molecule has 0 aliphatic carbocycles. The van der Waals surface area contributed by atoms with E-state index in [0.717, 1.165) is 11.1 Å². The minimum Gasteiger partial charge on any atom is -0.489 e. The summed E-state index contributed by atoms with van der Waals surface area (Å²) in [6.07, 6.45) is 1.50. The van der Waals surface area contributed by atoms with Crippen LogP contribution in [0.5, 0.6) is 11.5 Å². The molecule has 1 amide bonds. The number of carbonyl (C=O) groups excluding carboxylic acids is 1. The van der Waals surface area contributed by atoms with Gasteiger partial charge in [0.05, 0.1) is 19.0 Å². The summed E-state index contributed by atoms with van der Waals surface area (Å²) in [7, 11) is 0. The molecule has 0 heterocycles. The number of amides is 1. The molecule has 0 aliphatic rings. The molecule has 4 aromatic carbocycles. The average molecular weight is 687 g/mol. The van der Waals surface area contributed by atoms with E-state index in [1.807, 2.05) is 42.5 Å². The number of halogens is 4. The Morgan fingerprint density at radius 2 is 1.51 bits per heavy atom. The van der Waals surface area contributed by atoms with E-state index >= 15 is 0 Å². The lowest BCUT2D eigenvalue weighted by atomic mass is 10.1. The predicted octanol–water partition coefficient (Wildman–Crippen LogP) is 9.22. The van der Waals surface area contributed by atoms with Gasteiger partial charge in [-0.25, -0.2) is 0 Å². The van der Waals surface area contributed by atoms with E-state index in [1.54, 1.807) is 48.5 Å². The van der Waals surface area contributed by atoms with Gasteiger partial charge in [-0.15, -0.1) is 0 Å². The van der Waals surface area contributed by atoms with E-state index in [9.17, 15) is 10.1 Å². The summed E-state index contributed by atoms with van der Waals surface area (Å²) in [6, 6.07) is 27.6. The fourth-order valence-corrected chi connectivity index (χ4v) is 5.25. The quantitative estimate of drug-likeness (QED) is 0.141. The lowest BCUT2D eigenvalue weighted by Gasteiger charge is -2.12. The van der Waals surface area contributed by atoms with Gasteiger partial charge in [-0.2, -0.15) is 5.26 Å². The van der Waals surface area contributed by atoms with Gasteiger partial charge in [0.2, 0.25) is 0 Å². The van der Waals surface area contributed by atoms with Crippen LogP contribution in [0.4, 0.5) is 5.69 Å². The maximum absolute atomic E-state index is 12.8. The molecule has 9 heteroatoms. The van der Waals surface area contributed by atoms with Crippen molar-refractivity contribution in [3.05, 3.63) is 126 Å². The molecule has 0 atom stereocenters. The predicted molar refractivity (Wildman–Crippen MR) is 162 cm³/mol. The summed E-state index contributed by atoms with van der Waals surface area (Å²) in [5.74, 6) is 0.711. The number of benzene rings is 4. The lowest BCUT2D eigenvalue weighted by molar-refractivity contribution is -0.112. The maximum Gasteiger partial charge on any atom is 0.266 e. The number of nitrogens with zero attached hydrogens (tertiary/aromatic N) is 1. The first-order valence-electron chi connectivity index (χ1n) is 11.6. The van der Waals surface area contributed by atoms with Gasteiger partial charge in [-0.3, -0.25) is 4.79 Å². The Morgan fingerprint density at radius 3 is 2.15 bits per heavy atom. The highest BCUT2D eigenvalue weighted by molar-refractivity contribution is 9.11. The molecule has 4 rings (SSSR count). The van der Waals surface area contributed by atoms with Crippen molar-refractivity contribution in [1.29, 1.82) is 5.26 Å². The van der Waals surface area contributed by atoms with Gasteiger partial charge in [0, 0.05) is 5.69 Å². The molecular weight excluding hydrogens is 667 g/mol. The number of hydrogen-bond donors (Lipinski definition) is 1. The van der Waals surface area contributed by atoms with Crippen molar-refractivity contribution in [2.45, 2.75) is 13.2 Å². The topological polar surface area (TPSA) is 71.3 Å². The number of nitriles is 1. The van der Waals surface area contributed by atoms with Gasteiger partial charge in [0.25, 0.3) is 5.91 Å². The van der Waals surface area contributed by atoms with Crippen molar-refractivity contribution >= 4 is 72.7 Å². The fourth-order valence-electron chi connectivity index (χ4n) is 3.47. The van der Waals surface area contributed by atoms with Crippen LogP contribution in [0.3, 0.4) is 0 Å². The minimum atomic E-state index is -0.525. The highest BCUT2D eigenvalue weighted by Gasteiger charge is 2.13. The summed E-state index contributed by atoms with van der Waals surface area (Å²) in [4.78, 5) is 12.8. The summed E-state index contributed by atoms with van der Waals surface area (Å²) >= 11 is 19.1. The molecule has 0 aliphatic heterocycles. The zero-order valence-corrected chi connectivity index (χ0v) is 24.9. The number of hydrogen-bond acceptors (Lipinski definition) is 4. The largest absolute Gasteiger partial charge is 0.489 e. The molecule has 1 N–H and O–H groups in total. The van der Waals surface area contributed by atoms with Gasteiger partial charge >= 0.3 is 0 Å². The SMILES string of the molecule is N#C/C(=C\c1cc(Br)c(OCc2ccc(Cl)c(Cl)c2)c(Br)c1)C(=O)Nc1ccc(OCc2ccccc2)cc1. The van der Waals surface area contributed by atoms with Crippen molar-refractivity contribution in [2.75, 3.05) is 5.32 Å². The van der Waals surface area contributed by atoms with Crippen LogP contribution < -0.4 is 14.8 Å². The molecule has 4 aromatic rings. The Bertz CT molecular complexity index is 1530. The van der Waals surface area contributed by atoms with Crippen LogP contribution in [0.15, 0.2) is 99.4 Å². The Balaban J connectivity index is 1.39.